The summed E-state index contributed by atoms with van der Waals surface area (Å²) in [5.41, 5.74) is 0.540. The number of aromatic nitrogens is 2. The quantitative estimate of drug-likeness (QED) is 0.691. The Hall–Kier alpha value is -2.56. The summed E-state index contributed by atoms with van der Waals surface area (Å²) in [6, 6.07) is 6.78. The Morgan fingerprint density at radius 3 is 2.39 bits per heavy atom. The molecule has 0 bridgehead atoms. The molecule has 1 aromatic carbocycles. The number of anilines is 1. The fourth-order valence-electron chi connectivity index (χ4n) is 4.16. The number of carbonyl (C=O) groups is 3. The van der Waals surface area contributed by atoms with Crippen molar-refractivity contribution in [2.24, 2.45) is 5.92 Å². The predicted octanol–water partition coefficient (Wildman–Crippen LogP) is 2.46. The molecule has 1 aromatic heterocycles. The highest BCUT2D eigenvalue weighted by molar-refractivity contribution is 7.15. The number of nitrogens with one attached hydrogen (secondary N) is 1. The molecule has 3 heterocycles. The normalized spacial score (nSPS) is 17.8. The summed E-state index contributed by atoms with van der Waals surface area (Å²) in [5.74, 6) is -0.539. The van der Waals surface area contributed by atoms with E-state index in [1.807, 2.05) is 4.90 Å². The highest BCUT2D eigenvalue weighted by Gasteiger charge is 2.32. The highest BCUT2D eigenvalue weighted by Crippen LogP contribution is 2.23. The Morgan fingerprint density at radius 2 is 1.73 bits per heavy atom. The summed E-state index contributed by atoms with van der Waals surface area (Å²) in [4.78, 5) is 44.2. The lowest BCUT2D eigenvalue weighted by Gasteiger charge is -2.38. The smallest absolute Gasteiger partial charge is 0.286 e. The van der Waals surface area contributed by atoms with E-state index < -0.39 is 5.91 Å². The van der Waals surface area contributed by atoms with E-state index in [0.717, 1.165) is 44.1 Å². The fourth-order valence-corrected chi connectivity index (χ4v) is 5.06. The van der Waals surface area contributed by atoms with Crippen molar-refractivity contribution in [3.05, 3.63) is 39.3 Å². The van der Waals surface area contributed by atoms with Gasteiger partial charge in [0.2, 0.25) is 15.9 Å². The molecule has 2 aromatic rings. The lowest BCUT2D eigenvalue weighted by molar-refractivity contribution is -0.138. The third-order valence-electron chi connectivity index (χ3n) is 6.15. The van der Waals surface area contributed by atoms with Crippen molar-refractivity contribution < 1.29 is 14.4 Å². The molecule has 2 aliphatic heterocycles. The first-order valence-electron chi connectivity index (χ1n) is 11.2. The van der Waals surface area contributed by atoms with Gasteiger partial charge in [0.1, 0.15) is 0 Å². The molecule has 11 heteroatoms. The van der Waals surface area contributed by atoms with Crippen LogP contribution in [0.2, 0.25) is 5.02 Å². The third kappa shape index (κ3) is 5.69. The number of rotatable bonds is 5. The Balaban J connectivity index is 1.29. The van der Waals surface area contributed by atoms with Crippen LogP contribution >= 0.6 is 22.9 Å². The predicted molar refractivity (Wildman–Crippen MR) is 127 cm³/mol. The highest BCUT2D eigenvalue weighted by atomic mass is 35.5. The summed E-state index contributed by atoms with van der Waals surface area (Å²) < 4.78 is 0. The second kappa shape index (κ2) is 10.6. The minimum atomic E-state index is -0.443. The van der Waals surface area contributed by atoms with Gasteiger partial charge in [0.15, 0.2) is 0 Å². The van der Waals surface area contributed by atoms with Crippen LogP contribution < -0.4 is 5.32 Å². The van der Waals surface area contributed by atoms with E-state index in [-0.39, 0.29) is 27.7 Å². The zero-order valence-electron chi connectivity index (χ0n) is 18.5. The van der Waals surface area contributed by atoms with Crippen molar-refractivity contribution in [1.29, 1.82) is 0 Å². The molecule has 0 aliphatic carbocycles. The van der Waals surface area contributed by atoms with Crippen LogP contribution in [0.3, 0.4) is 0 Å². The molecule has 0 atom stereocenters. The number of amides is 3. The molecule has 2 saturated heterocycles. The summed E-state index contributed by atoms with van der Waals surface area (Å²) >= 11 is 6.90. The Labute approximate surface area is 201 Å². The topological polar surface area (TPSA) is 98.7 Å². The zero-order chi connectivity index (χ0) is 23.4. The monoisotopic (exact) mass is 490 g/mol. The van der Waals surface area contributed by atoms with Crippen molar-refractivity contribution in [3.63, 3.8) is 0 Å². The van der Waals surface area contributed by atoms with Gasteiger partial charge in [-0.1, -0.05) is 35.9 Å². The van der Waals surface area contributed by atoms with Crippen LogP contribution in [0.4, 0.5) is 5.69 Å². The Morgan fingerprint density at radius 1 is 1.03 bits per heavy atom. The summed E-state index contributed by atoms with van der Waals surface area (Å²) in [6.45, 7) is 7.53. The van der Waals surface area contributed by atoms with Crippen LogP contribution in [-0.2, 0) is 4.79 Å². The maximum absolute atomic E-state index is 12.9. The average molecular weight is 491 g/mol. The molecule has 0 saturated carbocycles. The van der Waals surface area contributed by atoms with E-state index in [1.165, 1.54) is 0 Å². The minimum absolute atomic E-state index is 0.0457. The Bertz CT molecular complexity index is 1020. The number of piperazine rings is 1. The van der Waals surface area contributed by atoms with Crippen LogP contribution in [0, 0.1) is 5.92 Å². The maximum atomic E-state index is 12.9. The number of piperidine rings is 1. The molecule has 176 valence electrons. The first-order valence-corrected chi connectivity index (χ1v) is 12.3. The van der Waals surface area contributed by atoms with E-state index in [9.17, 15) is 14.4 Å². The van der Waals surface area contributed by atoms with Gasteiger partial charge < -0.3 is 20.0 Å². The molecule has 3 amide bonds. The minimum Gasteiger partial charge on any atom is -0.340 e. The van der Waals surface area contributed by atoms with Crippen molar-refractivity contribution in [3.8, 4) is 0 Å². The van der Waals surface area contributed by atoms with Crippen molar-refractivity contribution in [1.82, 2.24) is 24.9 Å². The van der Waals surface area contributed by atoms with Gasteiger partial charge >= 0.3 is 0 Å². The zero-order valence-corrected chi connectivity index (χ0v) is 20.1. The molecule has 0 radical (unpaired) electrons. The molecular weight excluding hydrogens is 464 g/mol. The average Bonchev–Trinajstić information content (AvgIpc) is 3.34. The number of hydrogen-bond acceptors (Lipinski definition) is 7. The van der Waals surface area contributed by atoms with Gasteiger partial charge in [0.05, 0.1) is 0 Å². The number of benzene rings is 1. The van der Waals surface area contributed by atoms with E-state index in [2.05, 4.69) is 27.3 Å². The van der Waals surface area contributed by atoms with Crippen molar-refractivity contribution in [2.75, 3.05) is 51.1 Å². The lowest BCUT2D eigenvalue weighted by Crippen LogP contribution is -2.51. The van der Waals surface area contributed by atoms with E-state index in [4.69, 9.17) is 11.6 Å². The van der Waals surface area contributed by atoms with E-state index >= 15 is 0 Å². The molecule has 4 rings (SSSR count). The molecular formula is C22H27ClN6O3S. The van der Waals surface area contributed by atoms with Gasteiger partial charge in [0, 0.05) is 55.9 Å². The molecule has 0 spiro atoms. The van der Waals surface area contributed by atoms with Crippen LogP contribution in [-0.4, -0.2) is 88.4 Å². The number of likely N-dealkylation sites (tertiary alicyclic amines) is 1. The second-order valence-corrected chi connectivity index (χ2v) is 9.62. The summed E-state index contributed by atoms with van der Waals surface area (Å²) in [7, 11) is 0. The van der Waals surface area contributed by atoms with Crippen LogP contribution in [0.25, 0.3) is 0 Å². The number of carbonyl (C=O) groups excluding carboxylic acids is 3. The SMILES string of the molecule is CCN1CCN(C(=O)C2CCN(C(=O)c3nnc(C(=O)Nc4cccc(Cl)c4)s3)CC2)CC1. The van der Waals surface area contributed by atoms with Crippen LogP contribution in [0.1, 0.15) is 39.4 Å². The Kier molecular flexibility index (Phi) is 7.56. The molecule has 2 fully saturated rings. The fraction of sp³-hybridized carbons (Fsp3) is 0.500. The van der Waals surface area contributed by atoms with Gasteiger partial charge in [-0.3, -0.25) is 14.4 Å². The standard InChI is InChI=1S/C22H27ClN6O3S/c1-2-27-10-12-29(13-11-27)21(31)15-6-8-28(9-7-15)22(32)20-26-25-19(33-20)18(30)24-17-5-3-4-16(23)14-17/h3-5,14-15H,2,6-13H2,1H3,(H,24,30). The van der Waals surface area contributed by atoms with Gasteiger partial charge in [-0.2, -0.15) is 0 Å². The molecule has 1 N–H and O–H groups in total. The summed E-state index contributed by atoms with van der Waals surface area (Å²) in [5, 5.41) is 11.3. The van der Waals surface area contributed by atoms with Crippen molar-refractivity contribution >= 4 is 46.3 Å². The van der Waals surface area contributed by atoms with Gasteiger partial charge in [0.25, 0.3) is 11.8 Å². The van der Waals surface area contributed by atoms with Crippen molar-refractivity contribution in [2.45, 2.75) is 19.8 Å². The first-order chi connectivity index (χ1) is 15.9. The summed E-state index contributed by atoms with van der Waals surface area (Å²) in [6.07, 6.45) is 1.28. The molecule has 2 aliphatic rings. The van der Waals surface area contributed by atoms with Gasteiger partial charge in [-0.25, -0.2) is 0 Å². The number of hydrogen-bond donors (Lipinski definition) is 1. The molecule has 0 unspecified atom stereocenters. The van der Waals surface area contributed by atoms with E-state index in [0.29, 0.717) is 36.6 Å². The van der Waals surface area contributed by atoms with Gasteiger partial charge in [-0.05, 0) is 37.6 Å². The number of likely N-dealkylation sites (N-methyl/N-ethyl adjacent to an activating group) is 1. The molecule has 9 nitrogen and oxygen atoms in total. The third-order valence-corrected chi connectivity index (χ3v) is 7.29. The van der Waals surface area contributed by atoms with Crippen LogP contribution in [0.5, 0.6) is 0 Å². The molecule has 33 heavy (non-hydrogen) atoms. The number of nitrogens with zero attached hydrogens (tertiary/aromatic N) is 5. The maximum Gasteiger partial charge on any atom is 0.286 e. The lowest BCUT2D eigenvalue weighted by atomic mass is 9.95. The van der Waals surface area contributed by atoms with Gasteiger partial charge in [-0.15, -0.1) is 10.2 Å². The second-order valence-electron chi connectivity index (χ2n) is 8.20. The first kappa shape index (κ1) is 23.6. The number of halogens is 1. The van der Waals surface area contributed by atoms with E-state index in [1.54, 1.807) is 29.2 Å². The largest absolute Gasteiger partial charge is 0.340 e. The van der Waals surface area contributed by atoms with Crippen LogP contribution in [0.15, 0.2) is 24.3 Å².